The Morgan fingerprint density at radius 3 is 2.26 bits per heavy atom. The van der Waals surface area contributed by atoms with Crippen LogP contribution in [-0.4, -0.2) is 35.0 Å². The molecule has 0 amide bonds. The van der Waals surface area contributed by atoms with E-state index in [0.29, 0.717) is 6.61 Å². The number of azide groups is 1. The van der Waals surface area contributed by atoms with Gasteiger partial charge in [0, 0.05) is 26.7 Å². The first-order valence-electron chi connectivity index (χ1n) is 7.59. The van der Waals surface area contributed by atoms with Gasteiger partial charge in [0.15, 0.2) is 0 Å². The molecule has 1 aliphatic heterocycles. The van der Waals surface area contributed by atoms with E-state index in [9.17, 15) is 5.11 Å². The molecule has 0 aliphatic carbocycles. The molecule has 3 atom stereocenters. The summed E-state index contributed by atoms with van der Waals surface area (Å²) in [6.45, 7) is 0.639. The van der Waals surface area contributed by atoms with Crippen molar-refractivity contribution in [1.29, 1.82) is 0 Å². The lowest BCUT2D eigenvalue weighted by molar-refractivity contribution is -0.0413. The highest BCUT2D eigenvalue weighted by Crippen LogP contribution is 2.35. The highest BCUT2D eigenvalue weighted by atomic mass is 16.5. The minimum atomic E-state index is -0.779. The number of nitrogens with zero attached hydrogens (tertiary/aromatic N) is 4. The molecule has 4 rings (SSSR count). The number of rotatable bonds is 2. The molecule has 0 radical (unpaired) electrons. The average molecular weight is 308 g/mol. The van der Waals surface area contributed by atoms with Gasteiger partial charge in [-0.15, -0.1) is 0 Å². The van der Waals surface area contributed by atoms with E-state index < -0.39 is 12.1 Å². The maximum Gasteiger partial charge on any atom is 0.0888 e. The van der Waals surface area contributed by atoms with Crippen LogP contribution in [0.1, 0.15) is 6.04 Å². The topological polar surface area (TPSA) is 83.2 Å². The lowest BCUT2D eigenvalue weighted by Crippen LogP contribution is -2.43. The highest BCUT2D eigenvalue weighted by molar-refractivity contribution is 6.08. The molecule has 2 aromatic carbocycles. The van der Waals surface area contributed by atoms with Crippen LogP contribution in [0, 0.1) is 0 Å². The number of aliphatic hydroxyl groups is 1. The molecule has 6 heteroatoms. The van der Waals surface area contributed by atoms with E-state index in [1.165, 1.54) is 0 Å². The molecule has 6 nitrogen and oxygen atoms in total. The first kappa shape index (κ1) is 14.1. The molecule has 1 aromatic heterocycles. The van der Waals surface area contributed by atoms with Crippen molar-refractivity contribution in [3.8, 4) is 0 Å². The van der Waals surface area contributed by atoms with E-state index in [0.717, 1.165) is 21.8 Å². The fourth-order valence-electron chi connectivity index (χ4n) is 3.47. The molecule has 1 saturated heterocycles. The number of ether oxygens (including phenoxy) is 1. The van der Waals surface area contributed by atoms with Crippen LogP contribution in [-0.2, 0) is 4.74 Å². The molecule has 1 fully saturated rings. The smallest absolute Gasteiger partial charge is 0.0888 e. The summed E-state index contributed by atoms with van der Waals surface area (Å²) in [6, 6.07) is 15.4. The summed E-state index contributed by atoms with van der Waals surface area (Å²) < 4.78 is 7.70. The minimum Gasteiger partial charge on any atom is -0.390 e. The van der Waals surface area contributed by atoms with E-state index in [2.05, 4.69) is 26.7 Å². The average Bonchev–Trinajstić information content (AvgIpc) is 2.92. The van der Waals surface area contributed by atoms with E-state index in [4.69, 9.17) is 10.3 Å². The van der Waals surface area contributed by atoms with Crippen LogP contribution >= 0.6 is 0 Å². The Morgan fingerprint density at radius 1 is 1.04 bits per heavy atom. The Morgan fingerprint density at radius 2 is 1.65 bits per heavy atom. The SMILES string of the molecule is [N-]=[N+]=NC1COCC(n2c3ccccc3c3ccccc32)[C@H]1O. The van der Waals surface area contributed by atoms with Crippen LogP contribution in [0.2, 0.25) is 0 Å². The summed E-state index contributed by atoms with van der Waals surface area (Å²) in [7, 11) is 0. The molecular weight excluding hydrogens is 292 g/mol. The zero-order valence-corrected chi connectivity index (χ0v) is 12.4. The summed E-state index contributed by atoms with van der Waals surface area (Å²) >= 11 is 0. The van der Waals surface area contributed by atoms with Crippen molar-refractivity contribution >= 4 is 21.8 Å². The third-order valence-corrected chi connectivity index (χ3v) is 4.51. The van der Waals surface area contributed by atoms with Crippen LogP contribution in [0.15, 0.2) is 53.6 Å². The number of fused-ring (bicyclic) bond motifs is 3. The van der Waals surface area contributed by atoms with Crippen molar-refractivity contribution in [2.75, 3.05) is 13.2 Å². The minimum absolute atomic E-state index is 0.249. The second-order valence-electron chi connectivity index (χ2n) is 5.77. The number of para-hydroxylation sites is 2. The standard InChI is InChI=1S/C17H16N4O2/c18-20-19-13-9-23-10-16(17(13)22)21-14-7-3-1-5-11(14)12-6-2-4-8-15(12)21/h1-8,13,16-17,22H,9-10H2/t13?,16?,17-/m0/s1. The molecule has 1 N–H and O–H groups in total. The molecule has 3 aromatic rings. The van der Waals surface area contributed by atoms with Crippen LogP contribution in [0.3, 0.4) is 0 Å². The molecular formula is C17H16N4O2. The highest BCUT2D eigenvalue weighted by Gasteiger charge is 2.34. The lowest BCUT2D eigenvalue weighted by Gasteiger charge is -2.34. The number of hydrogen-bond donors (Lipinski definition) is 1. The first-order chi connectivity index (χ1) is 11.3. The lowest BCUT2D eigenvalue weighted by atomic mass is 10.0. The van der Waals surface area contributed by atoms with Crippen molar-refractivity contribution in [2.45, 2.75) is 18.2 Å². The van der Waals surface area contributed by atoms with Gasteiger partial charge in [-0.1, -0.05) is 41.5 Å². The van der Waals surface area contributed by atoms with Crippen molar-refractivity contribution in [3.05, 3.63) is 59.0 Å². The van der Waals surface area contributed by atoms with Crippen molar-refractivity contribution in [3.63, 3.8) is 0 Å². The molecule has 1 aliphatic rings. The van der Waals surface area contributed by atoms with Crippen LogP contribution < -0.4 is 0 Å². The van der Waals surface area contributed by atoms with Crippen LogP contribution in [0.4, 0.5) is 0 Å². The Hall–Kier alpha value is -2.53. The maximum absolute atomic E-state index is 10.7. The summed E-state index contributed by atoms with van der Waals surface area (Å²) in [4.78, 5) is 2.83. The predicted molar refractivity (Wildman–Crippen MR) is 88.2 cm³/mol. The van der Waals surface area contributed by atoms with Gasteiger partial charge in [0.1, 0.15) is 0 Å². The van der Waals surface area contributed by atoms with Crippen LogP contribution in [0.5, 0.6) is 0 Å². The van der Waals surface area contributed by atoms with Gasteiger partial charge in [-0.2, -0.15) is 0 Å². The van der Waals surface area contributed by atoms with Crippen molar-refractivity contribution < 1.29 is 9.84 Å². The van der Waals surface area contributed by atoms with Gasteiger partial charge in [-0.3, -0.25) is 0 Å². The first-order valence-corrected chi connectivity index (χ1v) is 7.59. The van der Waals surface area contributed by atoms with Gasteiger partial charge in [-0.05, 0) is 17.7 Å². The Labute approximate surface area is 132 Å². The predicted octanol–water partition coefficient (Wildman–Crippen LogP) is 3.41. The fraction of sp³-hybridized carbons (Fsp3) is 0.294. The van der Waals surface area contributed by atoms with Gasteiger partial charge in [0.05, 0.1) is 31.4 Å². The second-order valence-corrected chi connectivity index (χ2v) is 5.77. The fourth-order valence-corrected chi connectivity index (χ4v) is 3.47. The Balaban J connectivity index is 1.94. The van der Waals surface area contributed by atoms with Gasteiger partial charge >= 0.3 is 0 Å². The summed E-state index contributed by atoms with van der Waals surface area (Å²) in [5.74, 6) is 0. The normalized spacial score (nSPS) is 24.7. The Kier molecular flexibility index (Phi) is 3.42. The third-order valence-electron chi connectivity index (χ3n) is 4.51. The molecule has 0 saturated carbocycles. The molecule has 0 bridgehead atoms. The van der Waals surface area contributed by atoms with Gasteiger partial charge < -0.3 is 14.4 Å². The second kappa shape index (κ2) is 5.59. The largest absolute Gasteiger partial charge is 0.390 e. The van der Waals surface area contributed by atoms with Crippen LogP contribution in [0.25, 0.3) is 32.2 Å². The number of aromatic nitrogens is 1. The van der Waals surface area contributed by atoms with E-state index in [1.807, 2.05) is 36.4 Å². The number of hydrogen-bond acceptors (Lipinski definition) is 3. The summed E-state index contributed by atoms with van der Waals surface area (Å²) in [5, 5.41) is 16.6. The van der Waals surface area contributed by atoms with E-state index >= 15 is 0 Å². The number of benzene rings is 2. The summed E-state index contributed by atoms with van der Waals surface area (Å²) in [5.41, 5.74) is 10.8. The summed E-state index contributed by atoms with van der Waals surface area (Å²) in [6.07, 6.45) is -0.779. The zero-order chi connectivity index (χ0) is 15.8. The molecule has 0 spiro atoms. The molecule has 2 heterocycles. The number of aliphatic hydroxyl groups excluding tert-OH is 1. The maximum atomic E-state index is 10.7. The van der Waals surface area contributed by atoms with Crippen molar-refractivity contribution in [1.82, 2.24) is 4.57 Å². The van der Waals surface area contributed by atoms with Gasteiger partial charge in [0.25, 0.3) is 0 Å². The zero-order valence-electron chi connectivity index (χ0n) is 12.4. The Bertz CT molecular complexity index is 860. The van der Waals surface area contributed by atoms with Gasteiger partial charge in [-0.25, -0.2) is 0 Å². The van der Waals surface area contributed by atoms with E-state index in [1.54, 1.807) is 0 Å². The quantitative estimate of drug-likeness (QED) is 0.447. The van der Waals surface area contributed by atoms with Gasteiger partial charge in [0.2, 0.25) is 0 Å². The molecule has 23 heavy (non-hydrogen) atoms. The molecule has 116 valence electrons. The monoisotopic (exact) mass is 308 g/mol. The van der Waals surface area contributed by atoms with Crippen molar-refractivity contribution in [2.24, 2.45) is 5.11 Å². The molecule has 2 unspecified atom stereocenters. The third kappa shape index (κ3) is 2.16. The van der Waals surface area contributed by atoms with E-state index in [-0.39, 0.29) is 12.6 Å².